The molecule has 1 aliphatic rings. The number of hydrogen-bond donors (Lipinski definition) is 0. The highest BCUT2D eigenvalue weighted by atomic mass is 16.7. The summed E-state index contributed by atoms with van der Waals surface area (Å²) in [5.41, 5.74) is 0. The summed E-state index contributed by atoms with van der Waals surface area (Å²) < 4.78 is 10.9. The fourth-order valence-electron chi connectivity index (χ4n) is 1.86. The Balaban J connectivity index is 2.06. The summed E-state index contributed by atoms with van der Waals surface area (Å²) in [5, 5.41) is 0. The predicted octanol–water partition coefficient (Wildman–Crippen LogP) is 4.07. The largest absolute Gasteiger partial charge is 0.459 e. The minimum atomic E-state index is -0.0287. The van der Waals surface area contributed by atoms with E-state index >= 15 is 0 Å². The van der Waals surface area contributed by atoms with E-state index in [0.29, 0.717) is 5.92 Å². The molecule has 1 rings (SSSR count). The second-order valence-corrected chi connectivity index (χ2v) is 5.08. The molecular formula is C13H24O2. The van der Waals surface area contributed by atoms with Crippen LogP contribution in [0.15, 0.2) is 12.0 Å². The molecule has 15 heavy (non-hydrogen) atoms. The van der Waals surface area contributed by atoms with Crippen LogP contribution in [0.2, 0.25) is 0 Å². The van der Waals surface area contributed by atoms with Crippen LogP contribution in [0.3, 0.4) is 0 Å². The molecule has 0 spiro atoms. The molecule has 0 saturated carbocycles. The number of ether oxygens (including phenoxy) is 2. The highest BCUT2D eigenvalue weighted by Gasteiger charge is 2.19. The molecule has 1 aliphatic heterocycles. The normalized spacial score (nSPS) is 22.2. The van der Waals surface area contributed by atoms with Gasteiger partial charge in [-0.25, -0.2) is 0 Å². The van der Waals surface area contributed by atoms with E-state index in [1.807, 2.05) is 6.92 Å². The van der Waals surface area contributed by atoms with Crippen molar-refractivity contribution in [2.24, 2.45) is 11.8 Å². The average molecular weight is 212 g/mol. The van der Waals surface area contributed by atoms with E-state index in [9.17, 15) is 0 Å². The van der Waals surface area contributed by atoms with Crippen LogP contribution in [0.1, 0.15) is 53.4 Å². The molecule has 1 heterocycles. The Kier molecular flexibility index (Phi) is 5.00. The smallest absolute Gasteiger partial charge is 0.240 e. The molecule has 88 valence electrons. The Morgan fingerprint density at radius 3 is 2.53 bits per heavy atom. The first kappa shape index (κ1) is 12.4. The minimum absolute atomic E-state index is 0.0287. The van der Waals surface area contributed by atoms with Gasteiger partial charge in [-0.3, -0.25) is 0 Å². The van der Waals surface area contributed by atoms with E-state index in [4.69, 9.17) is 9.47 Å². The zero-order valence-corrected chi connectivity index (χ0v) is 10.5. The minimum Gasteiger partial charge on any atom is -0.459 e. The van der Waals surface area contributed by atoms with E-state index in [-0.39, 0.29) is 6.29 Å². The van der Waals surface area contributed by atoms with Crippen molar-refractivity contribution in [1.29, 1.82) is 0 Å². The van der Waals surface area contributed by atoms with Gasteiger partial charge in [0.2, 0.25) is 6.29 Å². The van der Waals surface area contributed by atoms with Crippen LogP contribution in [-0.2, 0) is 9.47 Å². The van der Waals surface area contributed by atoms with Crippen molar-refractivity contribution >= 4 is 0 Å². The van der Waals surface area contributed by atoms with Gasteiger partial charge in [0.05, 0.1) is 0 Å². The van der Waals surface area contributed by atoms with Crippen LogP contribution in [0.5, 0.6) is 0 Å². The van der Waals surface area contributed by atoms with Crippen LogP contribution in [0.25, 0.3) is 0 Å². The Bertz CT molecular complexity index is 209. The lowest BCUT2D eigenvalue weighted by atomic mass is 9.97. The first-order chi connectivity index (χ1) is 7.08. The van der Waals surface area contributed by atoms with Gasteiger partial charge in [0.15, 0.2) is 0 Å². The van der Waals surface area contributed by atoms with Crippen LogP contribution >= 0.6 is 0 Å². The summed E-state index contributed by atoms with van der Waals surface area (Å²) in [4.78, 5) is 0. The van der Waals surface area contributed by atoms with Crippen molar-refractivity contribution in [1.82, 2.24) is 0 Å². The molecule has 0 amide bonds. The van der Waals surface area contributed by atoms with Gasteiger partial charge in [-0.05, 0) is 18.8 Å². The monoisotopic (exact) mass is 212 g/mol. The molecule has 0 aliphatic carbocycles. The predicted molar refractivity (Wildman–Crippen MR) is 62.2 cm³/mol. The fourth-order valence-corrected chi connectivity index (χ4v) is 1.86. The molecule has 0 saturated heterocycles. The van der Waals surface area contributed by atoms with Gasteiger partial charge >= 0.3 is 0 Å². The second-order valence-electron chi connectivity index (χ2n) is 5.08. The maximum Gasteiger partial charge on any atom is 0.240 e. The third kappa shape index (κ3) is 5.10. The molecule has 0 bridgehead atoms. The zero-order chi connectivity index (χ0) is 11.3. The van der Waals surface area contributed by atoms with Crippen molar-refractivity contribution in [3.8, 4) is 0 Å². The van der Waals surface area contributed by atoms with Crippen molar-refractivity contribution < 1.29 is 9.47 Å². The van der Waals surface area contributed by atoms with Gasteiger partial charge in [0.1, 0.15) is 12.0 Å². The topological polar surface area (TPSA) is 18.5 Å². The third-order valence-electron chi connectivity index (χ3n) is 2.78. The Morgan fingerprint density at radius 2 is 2.00 bits per heavy atom. The summed E-state index contributed by atoms with van der Waals surface area (Å²) in [6.45, 7) is 8.77. The summed E-state index contributed by atoms with van der Waals surface area (Å²) in [6.07, 6.45) is 6.61. The van der Waals surface area contributed by atoms with Crippen molar-refractivity contribution in [3.05, 3.63) is 12.0 Å². The molecule has 1 unspecified atom stereocenters. The fraction of sp³-hybridized carbons (Fsp3) is 0.846. The van der Waals surface area contributed by atoms with Crippen molar-refractivity contribution in [2.45, 2.75) is 59.7 Å². The number of hydrogen-bond acceptors (Lipinski definition) is 2. The highest BCUT2D eigenvalue weighted by Crippen LogP contribution is 2.23. The first-order valence-electron chi connectivity index (χ1n) is 6.06. The van der Waals surface area contributed by atoms with Gasteiger partial charge in [-0.1, -0.05) is 40.0 Å². The Morgan fingerprint density at radius 1 is 1.27 bits per heavy atom. The summed E-state index contributed by atoms with van der Waals surface area (Å²) in [5.74, 6) is 2.41. The summed E-state index contributed by atoms with van der Waals surface area (Å²) >= 11 is 0. The van der Waals surface area contributed by atoms with Gasteiger partial charge in [0.25, 0.3) is 0 Å². The second kappa shape index (κ2) is 6.04. The molecule has 2 nitrogen and oxygen atoms in total. The average Bonchev–Trinajstić information content (AvgIpc) is 2.50. The van der Waals surface area contributed by atoms with Crippen LogP contribution in [0, 0.1) is 11.8 Å². The third-order valence-corrected chi connectivity index (χ3v) is 2.78. The van der Waals surface area contributed by atoms with Crippen LogP contribution in [-0.4, -0.2) is 6.29 Å². The van der Waals surface area contributed by atoms with E-state index in [1.165, 1.54) is 19.3 Å². The summed E-state index contributed by atoms with van der Waals surface area (Å²) in [6, 6.07) is 0. The van der Waals surface area contributed by atoms with Crippen molar-refractivity contribution in [2.75, 3.05) is 0 Å². The van der Waals surface area contributed by atoms with Gasteiger partial charge < -0.3 is 9.47 Å². The maximum absolute atomic E-state index is 5.50. The van der Waals surface area contributed by atoms with Crippen LogP contribution < -0.4 is 0 Å². The molecule has 0 aromatic heterocycles. The Labute approximate surface area is 93.7 Å². The van der Waals surface area contributed by atoms with Gasteiger partial charge in [0, 0.05) is 6.42 Å². The van der Waals surface area contributed by atoms with Crippen LogP contribution in [0.4, 0.5) is 0 Å². The molecule has 0 N–H and O–H groups in total. The molecular weight excluding hydrogens is 188 g/mol. The molecule has 0 fully saturated rings. The lowest BCUT2D eigenvalue weighted by Crippen LogP contribution is -2.13. The molecule has 0 radical (unpaired) electrons. The standard InChI is InChI=1S/C13H24O2/c1-10(2)6-5-7-11(3)8-13-14-9-12(4)15-13/h9-11,13H,5-8H2,1-4H3/t11-,13?/m1/s1. The molecule has 0 aromatic rings. The van der Waals surface area contributed by atoms with E-state index in [1.54, 1.807) is 6.26 Å². The van der Waals surface area contributed by atoms with Gasteiger partial charge in [-0.15, -0.1) is 0 Å². The number of allylic oxidation sites excluding steroid dienone is 1. The summed E-state index contributed by atoms with van der Waals surface area (Å²) in [7, 11) is 0. The molecule has 0 aromatic carbocycles. The SMILES string of the molecule is CC1=COC(C[C@H](C)CCCC(C)C)O1. The quantitative estimate of drug-likeness (QED) is 0.660. The maximum atomic E-state index is 5.50. The zero-order valence-electron chi connectivity index (χ0n) is 10.5. The van der Waals surface area contributed by atoms with E-state index in [2.05, 4.69) is 20.8 Å². The van der Waals surface area contributed by atoms with Gasteiger partial charge in [-0.2, -0.15) is 0 Å². The van der Waals surface area contributed by atoms with E-state index < -0.39 is 0 Å². The lowest BCUT2D eigenvalue weighted by molar-refractivity contribution is -0.0461. The van der Waals surface area contributed by atoms with Crippen molar-refractivity contribution in [3.63, 3.8) is 0 Å². The number of rotatable bonds is 6. The molecule has 2 atom stereocenters. The van der Waals surface area contributed by atoms with E-state index in [0.717, 1.165) is 18.1 Å². The lowest BCUT2D eigenvalue weighted by Gasteiger charge is -2.16. The molecule has 2 heteroatoms. The Hall–Kier alpha value is -0.660. The highest BCUT2D eigenvalue weighted by molar-refractivity contribution is 4.87. The first-order valence-corrected chi connectivity index (χ1v) is 6.06.